The summed E-state index contributed by atoms with van der Waals surface area (Å²) in [4.78, 5) is 10.2. The van der Waals surface area contributed by atoms with Gasteiger partial charge >= 0.3 is 5.97 Å². The van der Waals surface area contributed by atoms with Gasteiger partial charge in [0.25, 0.3) is 0 Å². The van der Waals surface area contributed by atoms with Gasteiger partial charge in [-0.3, -0.25) is 9.00 Å². The van der Waals surface area contributed by atoms with E-state index in [2.05, 4.69) is 0 Å². The number of carboxylic acid groups (broad SMARTS) is 1. The summed E-state index contributed by atoms with van der Waals surface area (Å²) in [6, 6.07) is 2.90. The summed E-state index contributed by atoms with van der Waals surface area (Å²) in [6.45, 7) is 0. The van der Waals surface area contributed by atoms with Crippen LogP contribution in [0.3, 0.4) is 0 Å². The van der Waals surface area contributed by atoms with Gasteiger partial charge in [0.2, 0.25) is 0 Å². The van der Waals surface area contributed by atoms with E-state index in [1.165, 1.54) is 0 Å². The van der Waals surface area contributed by atoms with E-state index in [1.54, 1.807) is 0 Å². The third-order valence-electron chi connectivity index (χ3n) is 1.79. The van der Waals surface area contributed by atoms with Gasteiger partial charge in [-0.15, -0.1) is 0 Å². The molecule has 1 rings (SSSR count). The summed E-state index contributed by atoms with van der Waals surface area (Å²) in [5, 5.41) is 8.36. The predicted octanol–water partition coefficient (Wildman–Crippen LogP) is 1.69. The molecule has 1 N–H and O–H groups in total. The van der Waals surface area contributed by atoms with Gasteiger partial charge in [0.1, 0.15) is 11.6 Å². The standard InChI is InChI=1S/C10H10F2O3S/c11-8-3-7(4-9(12)5-8)6-16(15)2-1-10(13)14/h3-5H,1-2,6H2,(H,13,14). The van der Waals surface area contributed by atoms with Crippen molar-refractivity contribution in [2.45, 2.75) is 12.2 Å². The highest BCUT2D eigenvalue weighted by Gasteiger charge is 2.07. The van der Waals surface area contributed by atoms with E-state index in [0.29, 0.717) is 0 Å². The molecular weight excluding hydrogens is 238 g/mol. The Morgan fingerprint density at radius 1 is 1.25 bits per heavy atom. The Labute approximate surface area is 93.6 Å². The highest BCUT2D eigenvalue weighted by atomic mass is 32.2. The van der Waals surface area contributed by atoms with Crippen LogP contribution in [-0.2, 0) is 21.3 Å². The van der Waals surface area contributed by atoms with E-state index in [4.69, 9.17) is 5.11 Å². The lowest BCUT2D eigenvalue weighted by molar-refractivity contribution is -0.136. The zero-order chi connectivity index (χ0) is 12.1. The van der Waals surface area contributed by atoms with E-state index in [1.807, 2.05) is 0 Å². The molecule has 0 aliphatic heterocycles. The van der Waals surface area contributed by atoms with Crippen LogP contribution in [0.15, 0.2) is 18.2 Å². The summed E-state index contributed by atoms with van der Waals surface area (Å²) < 4.78 is 36.9. The number of benzene rings is 1. The largest absolute Gasteiger partial charge is 0.481 e. The van der Waals surface area contributed by atoms with Gasteiger partial charge in [-0.05, 0) is 17.7 Å². The van der Waals surface area contributed by atoms with E-state index in [9.17, 15) is 17.8 Å². The second-order valence-electron chi connectivity index (χ2n) is 3.21. The van der Waals surface area contributed by atoms with E-state index >= 15 is 0 Å². The van der Waals surface area contributed by atoms with Crippen LogP contribution in [-0.4, -0.2) is 21.0 Å². The lowest BCUT2D eigenvalue weighted by Crippen LogP contribution is -2.06. The third-order valence-corrected chi connectivity index (χ3v) is 3.11. The number of hydrogen-bond acceptors (Lipinski definition) is 2. The van der Waals surface area contributed by atoms with Gasteiger partial charge in [0.05, 0.1) is 6.42 Å². The van der Waals surface area contributed by atoms with Gasteiger partial charge < -0.3 is 5.11 Å². The Balaban J connectivity index is 2.59. The van der Waals surface area contributed by atoms with Crippen molar-refractivity contribution in [2.75, 3.05) is 5.75 Å². The first-order chi connectivity index (χ1) is 7.47. The minimum absolute atomic E-state index is 0.0204. The molecule has 1 unspecified atom stereocenters. The Bertz CT molecular complexity index is 400. The van der Waals surface area contributed by atoms with Crippen LogP contribution in [0.5, 0.6) is 0 Å². The molecule has 1 aromatic rings. The van der Waals surface area contributed by atoms with Crippen molar-refractivity contribution >= 4 is 16.8 Å². The summed E-state index contributed by atoms with van der Waals surface area (Å²) in [6.07, 6.45) is -0.218. The van der Waals surface area contributed by atoms with Gasteiger partial charge in [-0.25, -0.2) is 8.78 Å². The molecule has 0 aliphatic carbocycles. The molecule has 0 amide bonds. The lowest BCUT2D eigenvalue weighted by Gasteiger charge is -2.01. The maximum atomic E-state index is 12.8. The van der Waals surface area contributed by atoms with Gasteiger partial charge in [-0.2, -0.15) is 0 Å². The quantitative estimate of drug-likeness (QED) is 0.862. The Morgan fingerprint density at radius 3 is 2.31 bits per heavy atom. The molecule has 88 valence electrons. The number of halogens is 2. The summed E-state index contributed by atoms with van der Waals surface area (Å²) in [5.41, 5.74) is 0.265. The number of carboxylic acids is 1. The van der Waals surface area contributed by atoms with Crippen LogP contribution in [0.25, 0.3) is 0 Å². The first kappa shape index (κ1) is 12.8. The maximum absolute atomic E-state index is 12.8. The molecule has 1 atom stereocenters. The SMILES string of the molecule is O=C(O)CCS(=O)Cc1cc(F)cc(F)c1. The van der Waals surface area contributed by atoms with Crippen LogP contribution in [0.1, 0.15) is 12.0 Å². The fourth-order valence-electron chi connectivity index (χ4n) is 1.15. The van der Waals surface area contributed by atoms with Crippen LogP contribution < -0.4 is 0 Å². The maximum Gasteiger partial charge on any atom is 0.304 e. The molecule has 0 bridgehead atoms. The van der Waals surface area contributed by atoms with Crippen LogP contribution in [0, 0.1) is 11.6 Å². The molecule has 6 heteroatoms. The monoisotopic (exact) mass is 248 g/mol. The smallest absolute Gasteiger partial charge is 0.304 e. The Kier molecular flexibility index (Phi) is 4.54. The normalized spacial score (nSPS) is 12.4. The fourth-order valence-corrected chi connectivity index (χ4v) is 2.24. The van der Waals surface area contributed by atoms with Gasteiger partial charge in [0.15, 0.2) is 0 Å². The molecule has 0 spiro atoms. The molecule has 0 radical (unpaired) electrons. The van der Waals surface area contributed by atoms with Crippen molar-refractivity contribution in [3.63, 3.8) is 0 Å². The number of carbonyl (C=O) groups is 1. The van der Waals surface area contributed by atoms with Crippen LogP contribution in [0.2, 0.25) is 0 Å². The zero-order valence-corrected chi connectivity index (χ0v) is 9.10. The van der Waals surface area contributed by atoms with Gasteiger partial charge in [-0.1, -0.05) is 0 Å². The zero-order valence-electron chi connectivity index (χ0n) is 8.28. The van der Waals surface area contributed by atoms with E-state index in [-0.39, 0.29) is 23.5 Å². The molecule has 16 heavy (non-hydrogen) atoms. The Hall–Kier alpha value is -1.30. The molecule has 0 aliphatic rings. The van der Waals surface area contributed by atoms with Crippen LogP contribution >= 0.6 is 0 Å². The second-order valence-corrected chi connectivity index (χ2v) is 4.79. The highest BCUT2D eigenvalue weighted by Crippen LogP contribution is 2.10. The highest BCUT2D eigenvalue weighted by molar-refractivity contribution is 7.84. The van der Waals surface area contributed by atoms with Crippen molar-refractivity contribution in [3.05, 3.63) is 35.4 Å². The van der Waals surface area contributed by atoms with Crippen molar-refractivity contribution < 1.29 is 22.9 Å². The molecule has 0 aromatic heterocycles. The predicted molar refractivity (Wildman–Crippen MR) is 55.3 cm³/mol. The minimum Gasteiger partial charge on any atom is -0.481 e. The second kappa shape index (κ2) is 5.69. The molecular formula is C10H10F2O3S. The van der Waals surface area contributed by atoms with Crippen molar-refractivity contribution in [2.24, 2.45) is 0 Å². The van der Waals surface area contributed by atoms with E-state index < -0.39 is 28.4 Å². The van der Waals surface area contributed by atoms with Crippen molar-refractivity contribution in [1.82, 2.24) is 0 Å². The first-order valence-corrected chi connectivity index (χ1v) is 5.98. The summed E-state index contributed by atoms with van der Waals surface area (Å²) >= 11 is 0. The number of hydrogen-bond donors (Lipinski definition) is 1. The minimum atomic E-state index is -1.42. The fraction of sp³-hybridized carbons (Fsp3) is 0.300. The summed E-state index contributed by atoms with van der Waals surface area (Å²) in [7, 11) is -1.42. The average Bonchev–Trinajstić information content (AvgIpc) is 2.12. The topological polar surface area (TPSA) is 54.4 Å². The Morgan fingerprint density at radius 2 is 1.81 bits per heavy atom. The number of aliphatic carboxylic acids is 1. The molecule has 0 fully saturated rings. The van der Waals surface area contributed by atoms with Gasteiger partial charge in [0, 0.05) is 28.4 Å². The van der Waals surface area contributed by atoms with E-state index in [0.717, 1.165) is 18.2 Å². The molecule has 3 nitrogen and oxygen atoms in total. The van der Waals surface area contributed by atoms with Crippen molar-refractivity contribution in [3.8, 4) is 0 Å². The van der Waals surface area contributed by atoms with Crippen molar-refractivity contribution in [1.29, 1.82) is 0 Å². The lowest BCUT2D eigenvalue weighted by atomic mass is 10.2. The molecule has 0 saturated carbocycles. The third kappa shape index (κ3) is 4.48. The average molecular weight is 248 g/mol. The molecule has 0 heterocycles. The van der Waals surface area contributed by atoms with Crippen LogP contribution in [0.4, 0.5) is 8.78 Å². The summed E-state index contributed by atoms with van der Waals surface area (Å²) in [5.74, 6) is -2.57. The molecule has 0 saturated heterocycles. The molecule has 1 aromatic carbocycles. The number of rotatable bonds is 5. The first-order valence-electron chi connectivity index (χ1n) is 4.49.